The van der Waals surface area contributed by atoms with Crippen molar-refractivity contribution < 1.29 is 4.74 Å². The Labute approximate surface area is 74.9 Å². The summed E-state index contributed by atoms with van der Waals surface area (Å²) in [5.41, 5.74) is 6.45. The second-order valence-electron chi connectivity index (χ2n) is 2.14. The van der Waals surface area contributed by atoms with Crippen LogP contribution in [0.4, 0.5) is 0 Å². The SMILES string of the molecule is COC(CN)c1cscc1Cl. The lowest BCUT2D eigenvalue weighted by Crippen LogP contribution is -2.13. The monoisotopic (exact) mass is 191 g/mol. The van der Waals surface area contributed by atoms with Gasteiger partial charge in [-0.3, -0.25) is 0 Å². The molecule has 0 radical (unpaired) electrons. The topological polar surface area (TPSA) is 35.2 Å². The Balaban J connectivity index is 2.81. The van der Waals surface area contributed by atoms with Crippen LogP contribution in [0.15, 0.2) is 10.8 Å². The van der Waals surface area contributed by atoms with Gasteiger partial charge in [-0.05, 0) is 5.38 Å². The lowest BCUT2D eigenvalue weighted by molar-refractivity contribution is 0.111. The van der Waals surface area contributed by atoms with Crippen molar-refractivity contribution >= 4 is 22.9 Å². The Morgan fingerprint density at radius 1 is 1.73 bits per heavy atom. The quantitative estimate of drug-likeness (QED) is 0.794. The fourth-order valence-electron chi connectivity index (χ4n) is 0.871. The second kappa shape index (κ2) is 4.07. The van der Waals surface area contributed by atoms with Crippen LogP contribution in [0.3, 0.4) is 0 Å². The smallest absolute Gasteiger partial charge is 0.0965 e. The Morgan fingerprint density at radius 3 is 2.82 bits per heavy atom. The molecule has 0 amide bonds. The molecule has 1 atom stereocenters. The van der Waals surface area contributed by atoms with Crippen molar-refractivity contribution in [1.82, 2.24) is 0 Å². The zero-order valence-electron chi connectivity index (χ0n) is 6.21. The van der Waals surface area contributed by atoms with E-state index >= 15 is 0 Å². The minimum atomic E-state index is -0.0613. The Hall–Kier alpha value is -0.0900. The van der Waals surface area contributed by atoms with E-state index in [4.69, 9.17) is 22.1 Å². The van der Waals surface area contributed by atoms with Crippen LogP contribution < -0.4 is 5.73 Å². The number of methoxy groups -OCH3 is 1. The van der Waals surface area contributed by atoms with Crippen LogP contribution in [0.2, 0.25) is 5.02 Å². The van der Waals surface area contributed by atoms with Gasteiger partial charge in [-0.15, -0.1) is 0 Å². The van der Waals surface area contributed by atoms with Gasteiger partial charge < -0.3 is 10.5 Å². The summed E-state index contributed by atoms with van der Waals surface area (Å²) in [6.45, 7) is 0.465. The van der Waals surface area contributed by atoms with Crippen molar-refractivity contribution in [1.29, 1.82) is 0 Å². The Morgan fingerprint density at radius 2 is 2.45 bits per heavy atom. The summed E-state index contributed by atoms with van der Waals surface area (Å²) >= 11 is 7.42. The van der Waals surface area contributed by atoms with Crippen molar-refractivity contribution in [3.8, 4) is 0 Å². The third-order valence-corrected chi connectivity index (χ3v) is 2.71. The summed E-state index contributed by atoms with van der Waals surface area (Å²) in [5, 5.41) is 4.58. The molecule has 1 rings (SSSR count). The maximum atomic E-state index is 5.87. The molecule has 4 heteroatoms. The van der Waals surface area contributed by atoms with Crippen LogP contribution in [0.25, 0.3) is 0 Å². The lowest BCUT2D eigenvalue weighted by Gasteiger charge is -2.10. The highest BCUT2D eigenvalue weighted by Crippen LogP contribution is 2.27. The first-order valence-electron chi connectivity index (χ1n) is 3.24. The van der Waals surface area contributed by atoms with E-state index in [-0.39, 0.29) is 6.10 Å². The lowest BCUT2D eigenvalue weighted by atomic mass is 10.2. The molecule has 2 N–H and O–H groups in total. The molecule has 0 spiro atoms. The summed E-state index contributed by atoms with van der Waals surface area (Å²) in [4.78, 5) is 0. The van der Waals surface area contributed by atoms with E-state index in [1.807, 2.05) is 10.8 Å². The van der Waals surface area contributed by atoms with Crippen LogP contribution in [0, 0.1) is 0 Å². The second-order valence-corrected chi connectivity index (χ2v) is 3.29. The van der Waals surface area contributed by atoms with Crippen LogP contribution >= 0.6 is 22.9 Å². The summed E-state index contributed by atoms with van der Waals surface area (Å²) in [6.07, 6.45) is -0.0613. The van der Waals surface area contributed by atoms with Crippen LogP contribution in [0.5, 0.6) is 0 Å². The predicted octanol–water partition coefficient (Wildman–Crippen LogP) is 2.05. The van der Waals surface area contributed by atoms with Crippen molar-refractivity contribution in [2.75, 3.05) is 13.7 Å². The number of hydrogen-bond donors (Lipinski definition) is 1. The maximum absolute atomic E-state index is 5.87. The molecule has 0 aliphatic rings. The number of rotatable bonds is 3. The van der Waals surface area contributed by atoms with Gasteiger partial charge in [-0.1, -0.05) is 11.6 Å². The molecule has 11 heavy (non-hydrogen) atoms. The molecule has 0 aliphatic carbocycles. The van der Waals surface area contributed by atoms with E-state index in [1.165, 1.54) is 0 Å². The first-order valence-corrected chi connectivity index (χ1v) is 4.56. The molecular formula is C7H10ClNOS. The van der Waals surface area contributed by atoms with Gasteiger partial charge in [0.1, 0.15) is 0 Å². The number of halogens is 1. The first-order chi connectivity index (χ1) is 5.29. The average Bonchev–Trinajstić information content (AvgIpc) is 2.40. The zero-order valence-corrected chi connectivity index (χ0v) is 7.78. The van der Waals surface area contributed by atoms with Gasteiger partial charge in [0.15, 0.2) is 0 Å². The Kier molecular flexibility index (Phi) is 3.33. The summed E-state index contributed by atoms with van der Waals surface area (Å²) in [5.74, 6) is 0. The third kappa shape index (κ3) is 1.93. The van der Waals surface area contributed by atoms with Crippen LogP contribution in [0.1, 0.15) is 11.7 Å². The molecule has 0 saturated carbocycles. The molecule has 0 aliphatic heterocycles. The van der Waals surface area contributed by atoms with Gasteiger partial charge in [-0.2, -0.15) is 11.3 Å². The fourth-order valence-corrected chi connectivity index (χ4v) is 2.02. The Bertz CT molecular complexity index is 222. The minimum Gasteiger partial charge on any atom is -0.375 e. The normalized spacial score (nSPS) is 13.4. The molecule has 1 unspecified atom stereocenters. The number of ether oxygens (including phenoxy) is 1. The van der Waals surface area contributed by atoms with Gasteiger partial charge in [0.2, 0.25) is 0 Å². The van der Waals surface area contributed by atoms with Crippen molar-refractivity contribution in [2.24, 2.45) is 5.73 Å². The highest BCUT2D eigenvalue weighted by molar-refractivity contribution is 7.08. The minimum absolute atomic E-state index is 0.0613. The molecule has 62 valence electrons. The number of nitrogens with two attached hydrogens (primary N) is 1. The largest absolute Gasteiger partial charge is 0.375 e. The fraction of sp³-hybridized carbons (Fsp3) is 0.429. The molecule has 0 aromatic carbocycles. The summed E-state index contributed by atoms with van der Waals surface area (Å²) < 4.78 is 5.12. The van der Waals surface area contributed by atoms with E-state index in [2.05, 4.69) is 0 Å². The van der Waals surface area contributed by atoms with Gasteiger partial charge in [-0.25, -0.2) is 0 Å². The molecule has 0 saturated heterocycles. The van der Waals surface area contributed by atoms with Crippen molar-refractivity contribution in [2.45, 2.75) is 6.10 Å². The van der Waals surface area contributed by atoms with Gasteiger partial charge in [0, 0.05) is 24.6 Å². The molecule has 2 nitrogen and oxygen atoms in total. The molecule has 1 heterocycles. The molecule has 0 bridgehead atoms. The third-order valence-electron chi connectivity index (χ3n) is 1.49. The standard InChI is InChI=1S/C7H10ClNOS/c1-10-7(2-9)5-3-11-4-6(5)8/h3-4,7H,2,9H2,1H3. The molecule has 1 aromatic heterocycles. The first kappa shape index (κ1) is 9.00. The van der Waals surface area contributed by atoms with E-state index in [9.17, 15) is 0 Å². The van der Waals surface area contributed by atoms with Gasteiger partial charge in [0.05, 0.1) is 11.1 Å². The van der Waals surface area contributed by atoms with E-state index < -0.39 is 0 Å². The van der Waals surface area contributed by atoms with Gasteiger partial charge in [0.25, 0.3) is 0 Å². The molecule has 0 fully saturated rings. The highest BCUT2D eigenvalue weighted by atomic mass is 35.5. The van der Waals surface area contributed by atoms with Crippen molar-refractivity contribution in [3.63, 3.8) is 0 Å². The van der Waals surface area contributed by atoms with Crippen molar-refractivity contribution in [3.05, 3.63) is 21.3 Å². The zero-order chi connectivity index (χ0) is 8.27. The van der Waals surface area contributed by atoms with Crippen LogP contribution in [-0.2, 0) is 4.74 Å². The number of thiophene rings is 1. The molecular weight excluding hydrogens is 182 g/mol. The number of hydrogen-bond acceptors (Lipinski definition) is 3. The van der Waals surface area contributed by atoms with E-state index in [1.54, 1.807) is 18.4 Å². The summed E-state index contributed by atoms with van der Waals surface area (Å²) in [7, 11) is 1.63. The van der Waals surface area contributed by atoms with E-state index in [0.717, 1.165) is 10.6 Å². The van der Waals surface area contributed by atoms with Gasteiger partial charge >= 0.3 is 0 Å². The molecule has 1 aromatic rings. The maximum Gasteiger partial charge on any atom is 0.0965 e. The van der Waals surface area contributed by atoms with Crippen LogP contribution in [-0.4, -0.2) is 13.7 Å². The average molecular weight is 192 g/mol. The van der Waals surface area contributed by atoms with E-state index in [0.29, 0.717) is 6.54 Å². The summed E-state index contributed by atoms with van der Waals surface area (Å²) in [6, 6.07) is 0. The predicted molar refractivity (Wildman–Crippen MR) is 48.1 cm³/mol. The highest BCUT2D eigenvalue weighted by Gasteiger charge is 2.12.